The SMILES string of the molecule is COc1cccc(C(=O)COC(=O)c2cccc(C)c2NC(C)=O)c1. The number of carbonyl (C=O) groups excluding carboxylic acids is 3. The normalized spacial score (nSPS) is 10.0. The number of anilines is 1. The van der Waals surface area contributed by atoms with E-state index in [9.17, 15) is 14.4 Å². The van der Waals surface area contributed by atoms with E-state index >= 15 is 0 Å². The molecule has 2 rings (SSSR count). The number of benzene rings is 2. The minimum Gasteiger partial charge on any atom is -0.497 e. The lowest BCUT2D eigenvalue weighted by molar-refractivity contribution is -0.114. The highest BCUT2D eigenvalue weighted by Gasteiger charge is 2.17. The van der Waals surface area contributed by atoms with E-state index in [1.165, 1.54) is 20.1 Å². The van der Waals surface area contributed by atoms with E-state index in [1.807, 2.05) is 0 Å². The Balaban J connectivity index is 2.11. The summed E-state index contributed by atoms with van der Waals surface area (Å²) in [7, 11) is 1.50. The summed E-state index contributed by atoms with van der Waals surface area (Å²) in [5.41, 5.74) is 1.70. The number of Topliss-reactive ketones (excluding diaryl/α,β-unsaturated/α-hetero) is 1. The fourth-order valence-electron chi connectivity index (χ4n) is 2.27. The zero-order valence-corrected chi connectivity index (χ0v) is 14.3. The third-order valence-corrected chi connectivity index (χ3v) is 3.52. The van der Waals surface area contributed by atoms with Gasteiger partial charge in [-0.25, -0.2) is 4.79 Å². The van der Waals surface area contributed by atoms with Gasteiger partial charge in [0.05, 0.1) is 18.4 Å². The Hall–Kier alpha value is -3.15. The Bertz CT molecular complexity index is 813. The lowest BCUT2D eigenvalue weighted by atomic mass is 10.1. The van der Waals surface area contributed by atoms with Crippen molar-refractivity contribution < 1.29 is 23.9 Å². The van der Waals surface area contributed by atoms with Gasteiger partial charge >= 0.3 is 5.97 Å². The first-order valence-electron chi connectivity index (χ1n) is 7.64. The molecule has 0 bridgehead atoms. The largest absolute Gasteiger partial charge is 0.497 e. The molecular formula is C19H19NO5. The van der Waals surface area contributed by atoms with Gasteiger partial charge in [0.2, 0.25) is 5.91 Å². The molecule has 0 aromatic heterocycles. The van der Waals surface area contributed by atoms with Gasteiger partial charge in [0.15, 0.2) is 12.4 Å². The fraction of sp³-hybridized carbons (Fsp3) is 0.211. The van der Waals surface area contributed by atoms with Crippen LogP contribution in [-0.4, -0.2) is 31.4 Å². The second kappa shape index (κ2) is 8.10. The van der Waals surface area contributed by atoms with Gasteiger partial charge in [0, 0.05) is 12.5 Å². The summed E-state index contributed by atoms with van der Waals surface area (Å²) in [4.78, 5) is 35.8. The third kappa shape index (κ3) is 4.67. The molecule has 0 fully saturated rings. The first-order valence-corrected chi connectivity index (χ1v) is 7.64. The lowest BCUT2D eigenvalue weighted by Crippen LogP contribution is -2.17. The molecule has 0 saturated heterocycles. The van der Waals surface area contributed by atoms with Crippen LogP contribution in [0.15, 0.2) is 42.5 Å². The minimum absolute atomic E-state index is 0.202. The maximum atomic E-state index is 12.3. The van der Waals surface area contributed by atoms with E-state index in [4.69, 9.17) is 9.47 Å². The van der Waals surface area contributed by atoms with E-state index in [0.717, 1.165) is 5.56 Å². The summed E-state index contributed by atoms with van der Waals surface area (Å²) < 4.78 is 10.2. The van der Waals surface area contributed by atoms with Crippen molar-refractivity contribution in [3.05, 3.63) is 59.2 Å². The molecule has 0 spiro atoms. The van der Waals surface area contributed by atoms with Gasteiger partial charge < -0.3 is 14.8 Å². The molecule has 0 saturated carbocycles. The highest BCUT2D eigenvalue weighted by Crippen LogP contribution is 2.21. The standard InChI is InChI=1S/C19H19NO5/c1-12-6-4-9-16(18(12)20-13(2)21)19(23)25-11-17(22)14-7-5-8-15(10-14)24-3/h4-10H,11H2,1-3H3,(H,20,21). The molecule has 130 valence electrons. The van der Waals surface area contributed by atoms with Gasteiger partial charge in [0.25, 0.3) is 0 Å². The zero-order valence-electron chi connectivity index (χ0n) is 14.3. The van der Waals surface area contributed by atoms with Crippen molar-refractivity contribution in [1.29, 1.82) is 0 Å². The Kier molecular flexibility index (Phi) is 5.89. The van der Waals surface area contributed by atoms with Crippen molar-refractivity contribution >= 4 is 23.3 Å². The van der Waals surface area contributed by atoms with Crippen LogP contribution in [0.1, 0.15) is 33.2 Å². The number of carbonyl (C=O) groups is 3. The van der Waals surface area contributed by atoms with E-state index < -0.39 is 12.6 Å². The molecule has 2 aromatic rings. The minimum atomic E-state index is -0.677. The summed E-state index contributed by atoms with van der Waals surface area (Å²) in [6.45, 7) is 2.72. The van der Waals surface area contributed by atoms with E-state index in [0.29, 0.717) is 17.0 Å². The van der Waals surface area contributed by atoms with Gasteiger partial charge in [0.1, 0.15) is 5.75 Å². The summed E-state index contributed by atoms with van der Waals surface area (Å²) in [6.07, 6.45) is 0. The number of aryl methyl sites for hydroxylation is 1. The van der Waals surface area contributed by atoms with Crippen LogP contribution >= 0.6 is 0 Å². The van der Waals surface area contributed by atoms with Crippen LogP contribution in [0.2, 0.25) is 0 Å². The van der Waals surface area contributed by atoms with Crippen molar-refractivity contribution in [2.24, 2.45) is 0 Å². The quantitative estimate of drug-likeness (QED) is 0.645. The van der Waals surface area contributed by atoms with Gasteiger partial charge in [-0.1, -0.05) is 24.3 Å². The molecular weight excluding hydrogens is 322 g/mol. The number of para-hydroxylation sites is 1. The Morgan fingerprint density at radius 1 is 1.08 bits per heavy atom. The second-order valence-electron chi connectivity index (χ2n) is 5.41. The average molecular weight is 341 g/mol. The monoisotopic (exact) mass is 341 g/mol. The number of amides is 1. The molecule has 0 aliphatic rings. The van der Waals surface area contributed by atoms with Crippen LogP contribution in [0.3, 0.4) is 0 Å². The molecule has 1 amide bonds. The molecule has 2 aromatic carbocycles. The third-order valence-electron chi connectivity index (χ3n) is 3.52. The predicted octanol–water partition coefficient (Wildman–Crippen LogP) is 3.00. The number of esters is 1. The predicted molar refractivity (Wildman–Crippen MR) is 93.1 cm³/mol. The highest BCUT2D eigenvalue weighted by molar-refractivity contribution is 6.03. The van der Waals surface area contributed by atoms with E-state index in [-0.39, 0.29) is 17.3 Å². The van der Waals surface area contributed by atoms with Crippen LogP contribution in [0.5, 0.6) is 5.75 Å². The molecule has 0 radical (unpaired) electrons. The molecule has 1 N–H and O–H groups in total. The van der Waals surface area contributed by atoms with Crippen molar-refractivity contribution in [1.82, 2.24) is 0 Å². The number of ketones is 1. The van der Waals surface area contributed by atoms with E-state index in [2.05, 4.69) is 5.32 Å². The van der Waals surface area contributed by atoms with Crippen LogP contribution in [0, 0.1) is 6.92 Å². The number of nitrogens with one attached hydrogen (secondary N) is 1. The summed E-state index contributed by atoms with van der Waals surface area (Å²) in [5, 5.41) is 2.62. The number of ether oxygens (including phenoxy) is 2. The maximum Gasteiger partial charge on any atom is 0.340 e. The molecule has 0 heterocycles. The number of hydrogen-bond donors (Lipinski definition) is 1. The van der Waals surface area contributed by atoms with Gasteiger partial charge in [-0.15, -0.1) is 0 Å². The molecule has 0 atom stereocenters. The van der Waals surface area contributed by atoms with E-state index in [1.54, 1.807) is 43.3 Å². The molecule has 6 heteroatoms. The Morgan fingerprint density at radius 2 is 1.80 bits per heavy atom. The number of methoxy groups -OCH3 is 1. The first-order chi connectivity index (χ1) is 11.9. The smallest absolute Gasteiger partial charge is 0.340 e. The Morgan fingerprint density at radius 3 is 2.48 bits per heavy atom. The van der Waals surface area contributed by atoms with Crippen LogP contribution in [0.25, 0.3) is 0 Å². The van der Waals surface area contributed by atoms with Crippen LogP contribution in [0.4, 0.5) is 5.69 Å². The topological polar surface area (TPSA) is 81.7 Å². The molecule has 0 aliphatic heterocycles. The van der Waals surface area contributed by atoms with Gasteiger partial charge in [-0.3, -0.25) is 9.59 Å². The molecule has 0 aliphatic carbocycles. The fourth-order valence-corrected chi connectivity index (χ4v) is 2.27. The van der Waals surface area contributed by atoms with Crippen LogP contribution < -0.4 is 10.1 Å². The molecule has 6 nitrogen and oxygen atoms in total. The van der Waals surface area contributed by atoms with Crippen molar-refractivity contribution in [3.8, 4) is 5.75 Å². The van der Waals surface area contributed by atoms with Crippen LogP contribution in [-0.2, 0) is 9.53 Å². The van der Waals surface area contributed by atoms with Gasteiger partial charge in [-0.05, 0) is 30.7 Å². The molecule has 0 unspecified atom stereocenters. The second-order valence-corrected chi connectivity index (χ2v) is 5.41. The number of hydrogen-bond acceptors (Lipinski definition) is 5. The highest BCUT2D eigenvalue weighted by atomic mass is 16.5. The van der Waals surface area contributed by atoms with Crippen molar-refractivity contribution in [3.63, 3.8) is 0 Å². The number of rotatable bonds is 6. The summed E-state index contributed by atoms with van der Waals surface area (Å²) in [6, 6.07) is 11.6. The summed E-state index contributed by atoms with van der Waals surface area (Å²) in [5.74, 6) is -0.774. The average Bonchev–Trinajstić information content (AvgIpc) is 2.60. The Labute approximate surface area is 145 Å². The summed E-state index contributed by atoms with van der Waals surface area (Å²) >= 11 is 0. The first kappa shape index (κ1) is 18.2. The lowest BCUT2D eigenvalue weighted by Gasteiger charge is -2.12. The zero-order chi connectivity index (χ0) is 18.4. The van der Waals surface area contributed by atoms with Crippen molar-refractivity contribution in [2.45, 2.75) is 13.8 Å². The maximum absolute atomic E-state index is 12.3. The molecule has 25 heavy (non-hydrogen) atoms. The van der Waals surface area contributed by atoms with Crippen molar-refractivity contribution in [2.75, 3.05) is 19.0 Å². The van der Waals surface area contributed by atoms with Gasteiger partial charge in [-0.2, -0.15) is 0 Å².